The van der Waals surface area contributed by atoms with E-state index in [0.717, 1.165) is 12.1 Å². The molecule has 2 aromatic carbocycles. The summed E-state index contributed by atoms with van der Waals surface area (Å²) in [6, 6.07) is 22.2. The maximum atomic E-state index is 4.66. The van der Waals surface area contributed by atoms with Crippen LogP contribution in [-0.2, 0) is 12.8 Å². The van der Waals surface area contributed by atoms with Gasteiger partial charge < -0.3 is 0 Å². The number of nitrogens with zero attached hydrogens (tertiary/aromatic N) is 1. The monoisotopic (exact) mass is 371 g/mol. The predicted molar refractivity (Wildman–Crippen MR) is 122 cm³/mol. The highest BCUT2D eigenvalue weighted by molar-refractivity contribution is 5.69. The highest BCUT2D eigenvalue weighted by atomic mass is 14.7. The van der Waals surface area contributed by atoms with E-state index < -0.39 is 0 Å². The lowest BCUT2D eigenvalue weighted by atomic mass is 9.99. The summed E-state index contributed by atoms with van der Waals surface area (Å²) in [5.74, 6) is 0. The maximum Gasteiger partial charge on any atom is 0.0702 e. The number of unbranched alkanes of at least 4 members (excludes halogenated alkanes) is 4. The van der Waals surface area contributed by atoms with Gasteiger partial charge in [-0.15, -0.1) is 0 Å². The van der Waals surface area contributed by atoms with Gasteiger partial charge in [-0.05, 0) is 54.0 Å². The standard InChI is InChI=1S/C27H33N/c1-3-5-7-8-10-22-11-14-24(15-12-22)25-16-18-26(19-17-25)27-20-13-23(21-28-27)9-6-4-2/h11-21H,3-10H2,1-2H3. The molecule has 3 aromatic rings. The van der Waals surface area contributed by atoms with Crippen molar-refractivity contribution in [3.05, 3.63) is 78.0 Å². The minimum Gasteiger partial charge on any atom is -0.256 e. The van der Waals surface area contributed by atoms with Crippen LogP contribution in [0.4, 0.5) is 0 Å². The van der Waals surface area contributed by atoms with Crippen LogP contribution in [0.15, 0.2) is 66.9 Å². The number of rotatable bonds is 10. The smallest absolute Gasteiger partial charge is 0.0702 e. The Balaban J connectivity index is 1.62. The van der Waals surface area contributed by atoms with Crippen molar-refractivity contribution in [1.82, 2.24) is 4.98 Å². The SMILES string of the molecule is CCCCCCc1ccc(-c2ccc(-c3ccc(CCCC)cn3)cc2)cc1. The second kappa shape index (κ2) is 10.8. The van der Waals surface area contributed by atoms with E-state index in [4.69, 9.17) is 0 Å². The molecule has 1 heterocycles. The molecule has 28 heavy (non-hydrogen) atoms. The Morgan fingerprint density at radius 3 is 1.71 bits per heavy atom. The number of benzene rings is 2. The van der Waals surface area contributed by atoms with E-state index in [2.05, 4.69) is 79.5 Å². The molecular formula is C27H33N. The zero-order valence-electron chi connectivity index (χ0n) is 17.5. The van der Waals surface area contributed by atoms with Crippen molar-refractivity contribution >= 4 is 0 Å². The van der Waals surface area contributed by atoms with Gasteiger partial charge in [-0.1, -0.05) is 94.1 Å². The van der Waals surface area contributed by atoms with E-state index in [-0.39, 0.29) is 0 Å². The molecule has 0 aliphatic heterocycles. The molecule has 0 aliphatic rings. The molecule has 0 fully saturated rings. The van der Waals surface area contributed by atoms with Gasteiger partial charge in [-0.3, -0.25) is 4.98 Å². The van der Waals surface area contributed by atoms with E-state index in [1.165, 1.54) is 72.8 Å². The molecule has 0 N–H and O–H groups in total. The van der Waals surface area contributed by atoms with E-state index in [0.29, 0.717) is 0 Å². The molecule has 0 unspecified atom stereocenters. The minimum absolute atomic E-state index is 1.05. The molecule has 0 atom stereocenters. The highest BCUT2D eigenvalue weighted by Gasteiger charge is 2.03. The third-order valence-electron chi connectivity index (χ3n) is 5.43. The Labute approximate surface area is 170 Å². The van der Waals surface area contributed by atoms with Crippen molar-refractivity contribution in [1.29, 1.82) is 0 Å². The number of hydrogen-bond donors (Lipinski definition) is 0. The molecule has 0 spiro atoms. The lowest BCUT2D eigenvalue weighted by molar-refractivity contribution is 0.667. The average Bonchev–Trinajstić information content (AvgIpc) is 2.76. The van der Waals surface area contributed by atoms with Gasteiger partial charge in [0.05, 0.1) is 5.69 Å². The largest absolute Gasteiger partial charge is 0.256 e. The Bertz CT molecular complexity index is 814. The molecule has 1 nitrogen and oxygen atoms in total. The summed E-state index contributed by atoms with van der Waals surface area (Å²) in [4.78, 5) is 4.66. The van der Waals surface area contributed by atoms with E-state index in [1.807, 2.05) is 6.20 Å². The minimum atomic E-state index is 1.05. The first kappa shape index (κ1) is 20.3. The summed E-state index contributed by atoms with van der Waals surface area (Å²) in [5.41, 5.74) is 7.56. The molecule has 0 amide bonds. The predicted octanol–water partition coefficient (Wildman–Crippen LogP) is 7.88. The van der Waals surface area contributed by atoms with Gasteiger partial charge in [-0.25, -0.2) is 0 Å². The molecule has 146 valence electrons. The fraction of sp³-hybridized carbons (Fsp3) is 0.370. The summed E-state index contributed by atoms with van der Waals surface area (Å²) in [7, 11) is 0. The lowest BCUT2D eigenvalue weighted by Gasteiger charge is -2.07. The Hall–Kier alpha value is -2.41. The molecule has 1 heteroatoms. The first-order chi connectivity index (χ1) is 13.8. The second-order valence-corrected chi connectivity index (χ2v) is 7.74. The van der Waals surface area contributed by atoms with Crippen LogP contribution in [0.5, 0.6) is 0 Å². The molecule has 3 rings (SSSR count). The third-order valence-corrected chi connectivity index (χ3v) is 5.43. The first-order valence-electron chi connectivity index (χ1n) is 10.9. The van der Waals surface area contributed by atoms with E-state index in [1.54, 1.807) is 0 Å². The van der Waals surface area contributed by atoms with Crippen LogP contribution in [0.25, 0.3) is 22.4 Å². The van der Waals surface area contributed by atoms with Crippen LogP contribution in [0.3, 0.4) is 0 Å². The summed E-state index contributed by atoms with van der Waals surface area (Å²) in [5, 5.41) is 0. The normalized spacial score (nSPS) is 10.9. The van der Waals surface area contributed by atoms with Crippen LogP contribution >= 0.6 is 0 Å². The van der Waals surface area contributed by atoms with Crippen LogP contribution in [0.1, 0.15) is 63.5 Å². The Morgan fingerprint density at radius 2 is 1.11 bits per heavy atom. The number of pyridine rings is 1. The molecule has 0 saturated heterocycles. The van der Waals surface area contributed by atoms with Crippen molar-refractivity contribution in [2.24, 2.45) is 0 Å². The van der Waals surface area contributed by atoms with E-state index >= 15 is 0 Å². The second-order valence-electron chi connectivity index (χ2n) is 7.74. The Kier molecular flexibility index (Phi) is 7.84. The van der Waals surface area contributed by atoms with Crippen molar-refractivity contribution in [3.8, 4) is 22.4 Å². The summed E-state index contributed by atoms with van der Waals surface area (Å²) < 4.78 is 0. The van der Waals surface area contributed by atoms with Crippen molar-refractivity contribution < 1.29 is 0 Å². The van der Waals surface area contributed by atoms with Crippen LogP contribution in [-0.4, -0.2) is 4.98 Å². The zero-order chi connectivity index (χ0) is 19.6. The number of hydrogen-bond acceptors (Lipinski definition) is 1. The lowest BCUT2D eigenvalue weighted by Crippen LogP contribution is -1.89. The summed E-state index contributed by atoms with van der Waals surface area (Å²) >= 11 is 0. The maximum absolute atomic E-state index is 4.66. The van der Waals surface area contributed by atoms with E-state index in [9.17, 15) is 0 Å². The van der Waals surface area contributed by atoms with Crippen molar-refractivity contribution in [2.75, 3.05) is 0 Å². The quantitative estimate of drug-likeness (QED) is 0.330. The summed E-state index contributed by atoms with van der Waals surface area (Å²) in [6.07, 6.45) is 12.1. The van der Waals surface area contributed by atoms with Gasteiger partial charge in [0.1, 0.15) is 0 Å². The molecule has 0 aliphatic carbocycles. The Morgan fingerprint density at radius 1 is 0.536 bits per heavy atom. The molecule has 0 saturated carbocycles. The highest BCUT2D eigenvalue weighted by Crippen LogP contribution is 2.25. The van der Waals surface area contributed by atoms with Gasteiger partial charge in [-0.2, -0.15) is 0 Å². The van der Waals surface area contributed by atoms with Crippen LogP contribution < -0.4 is 0 Å². The fourth-order valence-electron chi connectivity index (χ4n) is 3.58. The van der Waals surface area contributed by atoms with Gasteiger partial charge >= 0.3 is 0 Å². The van der Waals surface area contributed by atoms with Gasteiger partial charge in [0.2, 0.25) is 0 Å². The molecular weight excluding hydrogens is 338 g/mol. The van der Waals surface area contributed by atoms with Gasteiger partial charge in [0, 0.05) is 11.8 Å². The zero-order valence-corrected chi connectivity index (χ0v) is 17.5. The number of aromatic nitrogens is 1. The molecule has 0 radical (unpaired) electrons. The van der Waals surface area contributed by atoms with Crippen molar-refractivity contribution in [2.45, 2.75) is 65.2 Å². The van der Waals surface area contributed by atoms with Gasteiger partial charge in [0.15, 0.2) is 0 Å². The first-order valence-corrected chi connectivity index (χ1v) is 10.9. The molecule has 0 bridgehead atoms. The van der Waals surface area contributed by atoms with Crippen LogP contribution in [0, 0.1) is 0 Å². The van der Waals surface area contributed by atoms with Crippen LogP contribution in [0.2, 0.25) is 0 Å². The van der Waals surface area contributed by atoms with Crippen molar-refractivity contribution in [3.63, 3.8) is 0 Å². The molecule has 1 aromatic heterocycles. The third kappa shape index (κ3) is 5.79. The topological polar surface area (TPSA) is 12.9 Å². The average molecular weight is 372 g/mol. The fourth-order valence-corrected chi connectivity index (χ4v) is 3.58. The number of aryl methyl sites for hydroxylation is 2. The van der Waals surface area contributed by atoms with Gasteiger partial charge in [0.25, 0.3) is 0 Å². The summed E-state index contributed by atoms with van der Waals surface area (Å²) in [6.45, 7) is 4.49.